The first-order valence-corrected chi connectivity index (χ1v) is 48.1. The summed E-state index contributed by atoms with van der Waals surface area (Å²) in [5.41, 5.74) is 12.7. The van der Waals surface area contributed by atoms with Gasteiger partial charge in [0.2, 0.25) is 0 Å². The van der Waals surface area contributed by atoms with Crippen LogP contribution >= 0.6 is 11.3 Å². The summed E-state index contributed by atoms with van der Waals surface area (Å²) in [5, 5.41) is 35.5. The van der Waals surface area contributed by atoms with E-state index in [4.69, 9.17) is 14.4 Å². The Labute approximate surface area is 732 Å². The van der Waals surface area contributed by atoms with Crippen LogP contribution in [0.3, 0.4) is 0 Å². The van der Waals surface area contributed by atoms with E-state index in [-0.39, 0.29) is 0 Å². The average molecular weight is 1650 g/mol. The Balaban J connectivity index is 0.000000137. The number of furan rings is 1. The molecule has 8 heteroatoms. The number of nitrogens with zero attached hydrogens (tertiary/aromatic N) is 4. The van der Waals surface area contributed by atoms with Crippen LogP contribution in [0, 0.1) is 0 Å². The lowest BCUT2D eigenvalue weighted by atomic mass is 9.94. The maximum Gasteiger partial charge on any atom is 0.179 e. The van der Waals surface area contributed by atoms with Crippen LogP contribution in [0.5, 0.6) is 0 Å². The van der Waals surface area contributed by atoms with Gasteiger partial charge < -0.3 is 13.6 Å². The Morgan fingerprint density at radius 1 is 0.214 bits per heavy atom. The zero-order valence-electron chi connectivity index (χ0n) is 68.5. The summed E-state index contributed by atoms with van der Waals surface area (Å²) in [6.07, 6.45) is 3.96. The number of pyridine rings is 2. The van der Waals surface area contributed by atoms with Crippen molar-refractivity contribution in [2.45, 2.75) is 0 Å². The number of para-hydroxylation sites is 4. The molecule has 26 aromatic rings. The third-order valence-electron chi connectivity index (χ3n) is 26.7. The van der Waals surface area contributed by atoms with Gasteiger partial charge in [-0.05, 0) is 173 Å². The van der Waals surface area contributed by atoms with Crippen molar-refractivity contribution in [3.63, 3.8) is 0 Å². The highest BCUT2D eigenvalue weighted by Gasteiger charge is 2.44. The number of thiophene rings is 1. The van der Waals surface area contributed by atoms with Crippen molar-refractivity contribution >= 4 is 219 Å². The molecule has 0 aliphatic carbocycles. The van der Waals surface area contributed by atoms with Crippen LogP contribution in [0.15, 0.2) is 466 Å². The number of aromatic nitrogens is 4. The van der Waals surface area contributed by atoms with Gasteiger partial charge in [0, 0.05) is 77.3 Å². The summed E-state index contributed by atoms with van der Waals surface area (Å²) in [4.78, 5) is 10.4. The van der Waals surface area contributed by atoms with Crippen molar-refractivity contribution in [2.75, 3.05) is 0 Å². The van der Waals surface area contributed by atoms with Gasteiger partial charge in [0.1, 0.15) is 11.3 Å². The summed E-state index contributed by atoms with van der Waals surface area (Å²) >= 11 is 1.85. The van der Waals surface area contributed by atoms with Crippen molar-refractivity contribution in [3.8, 4) is 33.9 Å². The van der Waals surface area contributed by atoms with Crippen LogP contribution in [-0.2, 0) is 0 Å². The van der Waals surface area contributed by atoms with Crippen LogP contribution in [0.2, 0.25) is 0 Å². The predicted molar refractivity (Wildman–Crippen MR) is 540 cm³/mol. The summed E-state index contributed by atoms with van der Waals surface area (Å²) in [6.45, 7) is 0. The SMILES string of the molecule is c1ccc(-n2c3ccccc3c3c4oc5c(-c6cccc([Si](c7ccccc7)(c7ccccc7)c7ccc8c9ccccc9c9ccccc9c8c7)c6)nccc5c4ccc32)cc1.c1ccc(-n2c3ccccc3c3ccc4sc5c(-c6cccc([Si](c7ccccc7)(c7ccccc7)c7ccc8c9ccccc9c9ccccc9c8c7)c6)nccc5c4c32)cc1. The van der Waals surface area contributed by atoms with Crippen molar-refractivity contribution < 1.29 is 4.42 Å². The molecule has 0 spiro atoms. The minimum Gasteiger partial charge on any atom is -0.453 e. The molecule has 0 fully saturated rings. The smallest absolute Gasteiger partial charge is 0.179 e. The molecule has 26 rings (SSSR count). The molecule has 0 aliphatic heterocycles. The molecule has 0 N–H and O–H groups in total. The van der Waals surface area contributed by atoms with Gasteiger partial charge in [-0.2, -0.15) is 0 Å². The molecule has 0 amide bonds. The van der Waals surface area contributed by atoms with E-state index in [0.29, 0.717) is 0 Å². The molecule has 0 saturated heterocycles. The molecule has 0 bridgehead atoms. The number of benzene rings is 20. The molecule has 0 atom stereocenters. The van der Waals surface area contributed by atoms with E-state index in [1.54, 1.807) is 0 Å². The van der Waals surface area contributed by atoms with Gasteiger partial charge in [-0.3, -0.25) is 9.97 Å². The maximum absolute atomic E-state index is 7.15. The number of hydrogen-bond donors (Lipinski definition) is 0. The molecular weight excluding hydrogens is 1580 g/mol. The Morgan fingerprint density at radius 2 is 0.563 bits per heavy atom. The Hall–Kier alpha value is -15.7. The van der Waals surface area contributed by atoms with Crippen molar-refractivity contribution in [1.82, 2.24) is 19.1 Å². The van der Waals surface area contributed by atoms with Gasteiger partial charge in [-0.25, -0.2) is 0 Å². The molecule has 588 valence electrons. The monoisotopic (exact) mass is 1650 g/mol. The third kappa shape index (κ3) is 11.2. The van der Waals surface area contributed by atoms with Crippen molar-refractivity contribution in [2.24, 2.45) is 0 Å². The molecule has 20 aromatic carbocycles. The average Bonchev–Trinajstić information content (AvgIpc) is 1.13. The van der Waals surface area contributed by atoms with Crippen LogP contribution < -0.4 is 41.5 Å². The number of rotatable bonds is 12. The molecule has 0 saturated carbocycles. The molecular formula is C118H76N4OSSi2. The molecule has 0 unspecified atom stereocenters. The fourth-order valence-corrected chi connectivity index (χ4v) is 32.2. The highest BCUT2D eigenvalue weighted by atomic mass is 32.1. The zero-order chi connectivity index (χ0) is 83.0. The Morgan fingerprint density at radius 3 is 1.05 bits per heavy atom. The van der Waals surface area contributed by atoms with Gasteiger partial charge in [-0.15, -0.1) is 11.3 Å². The fourth-order valence-electron chi connectivity index (χ4n) is 21.4. The molecule has 0 radical (unpaired) electrons. The third-order valence-corrected chi connectivity index (χ3v) is 37.4. The predicted octanol–water partition coefficient (Wildman–Crippen LogP) is 25.6. The van der Waals surface area contributed by atoms with Crippen molar-refractivity contribution in [3.05, 3.63) is 461 Å². The minimum atomic E-state index is -2.99. The van der Waals surface area contributed by atoms with E-state index in [2.05, 4.69) is 458 Å². The Kier molecular flexibility index (Phi) is 17.1. The zero-order valence-corrected chi connectivity index (χ0v) is 71.3. The van der Waals surface area contributed by atoms with Crippen molar-refractivity contribution in [1.29, 1.82) is 0 Å². The van der Waals surface area contributed by atoms with Gasteiger partial charge in [0.15, 0.2) is 21.7 Å². The molecule has 126 heavy (non-hydrogen) atoms. The van der Waals surface area contributed by atoms with E-state index < -0.39 is 16.1 Å². The first kappa shape index (κ1) is 73.1. The summed E-state index contributed by atoms with van der Waals surface area (Å²) in [7, 11) is -5.96. The molecule has 6 heterocycles. The minimum absolute atomic E-state index is 0.796. The van der Waals surface area contributed by atoms with E-state index in [1.165, 1.54) is 148 Å². The topological polar surface area (TPSA) is 48.8 Å². The van der Waals surface area contributed by atoms with E-state index in [9.17, 15) is 0 Å². The van der Waals surface area contributed by atoms with Crippen LogP contribution in [-0.4, -0.2) is 35.2 Å². The molecule has 0 aliphatic rings. The first-order chi connectivity index (χ1) is 62.5. The van der Waals surface area contributed by atoms with Gasteiger partial charge in [0.25, 0.3) is 0 Å². The standard InChI is InChI=1S/C59H38N2OSi.C59H38N2SSi/c1-4-18-40(19-5-1)61-54-30-15-14-29-52(54)56-55(61)34-33-50-51-35-36-60-57(59(51)62-58(50)56)39-17-16-24-43(37-39)63(41-20-6-2-7-21-41,42-22-8-3-9-23-42)44-31-32-49-47-27-11-10-25-45(47)46-26-12-13-28-48(46)53(49)38-44;1-4-18-40(19-5-1)61-54-30-15-14-29-50(54)51-33-34-55-56(58(51)61)52-35-36-60-57(59(52)62-55)39-17-16-24-43(37-39)63(41-20-6-2-7-21-41,42-22-8-3-9-23-42)44-31-32-49-47-27-11-10-25-45(47)46-26-12-13-28-48(46)53(49)38-44/h2*1-38H. The molecule has 6 aromatic heterocycles. The van der Waals surface area contributed by atoms with E-state index in [0.717, 1.165) is 77.6 Å². The lowest BCUT2D eigenvalue weighted by Crippen LogP contribution is -2.74. The van der Waals surface area contributed by atoms with E-state index in [1.807, 2.05) is 23.7 Å². The fraction of sp³-hybridized carbons (Fsp3) is 0. The lowest BCUT2D eigenvalue weighted by Gasteiger charge is -2.35. The number of fused-ring (bicyclic) bond motifs is 26. The largest absolute Gasteiger partial charge is 0.453 e. The van der Waals surface area contributed by atoms with Gasteiger partial charge in [0.05, 0.1) is 37.8 Å². The van der Waals surface area contributed by atoms with Crippen LogP contribution in [0.4, 0.5) is 0 Å². The second-order valence-electron chi connectivity index (χ2n) is 33.2. The second-order valence-corrected chi connectivity index (χ2v) is 41.8. The quantitative estimate of drug-likeness (QED) is 0.0696. The molecule has 5 nitrogen and oxygen atoms in total. The van der Waals surface area contributed by atoms with Gasteiger partial charge in [-0.1, -0.05) is 382 Å². The normalized spacial score (nSPS) is 12.1. The second kappa shape index (κ2) is 29.6. The van der Waals surface area contributed by atoms with E-state index >= 15 is 0 Å². The first-order valence-electron chi connectivity index (χ1n) is 43.2. The number of hydrogen-bond acceptors (Lipinski definition) is 4. The highest BCUT2D eigenvalue weighted by Crippen LogP contribution is 2.48. The van der Waals surface area contributed by atoms with Gasteiger partial charge >= 0.3 is 0 Å². The van der Waals surface area contributed by atoms with Crippen LogP contribution in [0.25, 0.3) is 184 Å². The summed E-state index contributed by atoms with van der Waals surface area (Å²) in [5.74, 6) is 0. The van der Waals surface area contributed by atoms with Crippen LogP contribution in [0.1, 0.15) is 0 Å². The Bertz CT molecular complexity index is 8700. The highest BCUT2D eigenvalue weighted by molar-refractivity contribution is 7.26. The lowest BCUT2D eigenvalue weighted by molar-refractivity contribution is 0.672. The summed E-state index contributed by atoms with van der Waals surface area (Å²) in [6, 6.07) is 166. The maximum atomic E-state index is 7.15. The summed E-state index contributed by atoms with van der Waals surface area (Å²) < 4.78 is 14.4.